The second kappa shape index (κ2) is 6.12. The second-order valence-electron chi connectivity index (χ2n) is 6.25. The number of carbonyl (C=O) groups is 2. The minimum absolute atomic E-state index is 0.0214. The molecule has 114 valence electrons. The zero-order chi connectivity index (χ0) is 14.8. The van der Waals surface area contributed by atoms with Crippen LogP contribution in [0.1, 0.15) is 46.0 Å². The van der Waals surface area contributed by atoms with Crippen molar-refractivity contribution < 1.29 is 14.7 Å². The fourth-order valence-electron chi connectivity index (χ4n) is 3.72. The summed E-state index contributed by atoms with van der Waals surface area (Å²) in [6.45, 7) is 4.88. The van der Waals surface area contributed by atoms with Gasteiger partial charge >= 0.3 is 5.97 Å². The maximum Gasteiger partial charge on any atom is 0.311 e. The Morgan fingerprint density at radius 1 is 1.30 bits per heavy atom. The van der Waals surface area contributed by atoms with Crippen LogP contribution in [-0.2, 0) is 9.59 Å². The number of carbonyl (C=O) groups excluding carboxylic acids is 1. The first-order valence-electron chi connectivity index (χ1n) is 7.78. The number of fused-ring (bicyclic) bond motifs is 1. The van der Waals surface area contributed by atoms with Crippen LogP contribution in [0.4, 0.5) is 0 Å². The molecule has 1 aliphatic carbocycles. The van der Waals surface area contributed by atoms with Gasteiger partial charge in [-0.2, -0.15) is 0 Å². The Kier molecular flexibility index (Phi) is 4.68. The van der Waals surface area contributed by atoms with E-state index >= 15 is 0 Å². The van der Waals surface area contributed by atoms with Crippen LogP contribution in [0.2, 0.25) is 0 Å². The molecule has 0 aromatic rings. The molecule has 0 radical (unpaired) electrons. The van der Waals surface area contributed by atoms with Crippen LogP contribution >= 0.6 is 0 Å². The van der Waals surface area contributed by atoms with Crippen molar-refractivity contribution in [1.82, 2.24) is 10.6 Å². The molecule has 1 amide bonds. The number of aliphatic carboxylic acids is 1. The van der Waals surface area contributed by atoms with Crippen molar-refractivity contribution in [3.63, 3.8) is 0 Å². The van der Waals surface area contributed by atoms with Gasteiger partial charge < -0.3 is 15.7 Å². The van der Waals surface area contributed by atoms with E-state index < -0.39 is 11.4 Å². The molecule has 0 bridgehead atoms. The molecule has 0 aromatic carbocycles. The molecule has 2 aliphatic rings. The molecular weight excluding hydrogens is 256 g/mol. The lowest BCUT2D eigenvalue weighted by atomic mass is 9.82. The topological polar surface area (TPSA) is 78.4 Å². The SMILES string of the molecule is CCC(CC)(CNC(=O)C1NCC2CCCC21)C(=O)O. The Morgan fingerprint density at radius 2 is 2.00 bits per heavy atom. The third kappa shape index (κ3) is 2.68. The van der Waals surface area contributed by atoms with E-state index in [0.29, 0.717) is 24.7 Å². The van der Waals surface area contributed by atoms with Gasteiger partial charge in [-0.05, 0) is 44.1 Å². The smallest absolute Gasteiger partial charge is 0.311 e. The summed E-state index contributed by atoms with van der Waals surface area (Å²) in [7, 11) is 0. The highest BCUT2D eigenvalue weighted by Gasteiger charge is 2.43. The maximum absolute atomic E-state index is 12.3. The molecule has 20 heavy (non-hydrogen) atoms. The largest absolute Gasteiger partial charge is 0.481 e. The molecule has 0 aromatic heterocycles. The molecule has 1 aliphatic heterocycles. The quantitative estimate of drug-likeness (QED) is 0.688. The van der Waals surface area contributed by atoms with Crippen LogP contribution in [-0.4, -0.2) is 36.1 Å². The van der Waals surface area contributed by atoms with Gasteiger partial charge in [0.25, 0.3) is 0 Å². The molecule has 3 atom stereocenters. The number of nitrogens with one attached hydrogen (secondary N) is 2. The molecular formula is C15H26N2O3. The van der Waals surface area contributed by atoms with E-state index in [0.717, 1.165) is 13.0 Å². The van der Waals surface area contributed by atoms with E-state index in [2.05, 4.69) is 10.6 Å². The zero-order valence-electron chi connectivity index (χ0n) is 12.4. The molecule has 2 rings (SSSR count). The van der Waals surface area contributed by atoms with Crippen molar-refractivity contribution in [2.24, 2.45) is 17.3 Å². The molecule has 1 heterocycles. The van der Waals surface area contributed by atoms with E-state index in [1.165, 1.54) is 12.8 Å². The lowest BCUT2D eigenvalue weighted by Crippen LogP contribution is -2.49. The molecule has 1 saturated carbocycles. The first-order valence-corrected chi connectivity index (χ1v) is 7.78. The van der Waals surface area contributed by atoms with Crippen molar-refractivity contribution in [2.75, 3.05) is 13.1 Å². The highest BCUT2D eigenvalue weighted by molar-refractivity contribution is 5.83. The lowest BCUT2D eigenvalue weighted by Gasteiger charge is -2.28. The van der Waals surface area contributed by atoms with Crippen molar-refractivity contribution in [3.05, 3.63) is 0 Å². The average molecular weight is 282 g/mol. The van der Waals surface area contributed by atoms with Gasteiger partial charge in [0.15, 0.2) is 0 Å². The van der Waals surface area contributed by atoms with E-state index in [9.17, 15) is 14.7 Å². The Bertz CT molecular complexity index is 379. The zero-order valence-corrected chi connectivity index (χ0v) is 12.4. The van der Waals surface area contributed by atoms with Crippen LogP contribution in [0.5, 0.6) is 0 Å². The predicted octanol–water partition coefficient (Wildman–Crippen LogP) is 1.38. The van der Waals surface area contributed by atoms with E-state index in [-0.39, 0.29) is 18.5 Å². The van der Waals surface area contributed by atoms with Crippen LogP contribution < -0.4 is 10.6 Å². The van der Waals surface area contributed by atoms with Gasteiger partial charge in [-0.3, -0.25) is 9.59 Å². The minimum atomic E-state index is -0.830. The van der Waals surface area contributed by atoms with Gasteiger partial charge in [0.05, 0.1) is 11.5 Å². The number of hydrogen-bond donors (Lipinski definition) is 3. The van der Waals surface area contributed by atoms with Crippen LogP contribution in [0.3, 0.4) is 0 Å². The van der Waals surface area contributed by atoms with Crippen molar-refractivity contribution in [2.45, 2.75) is 52.0 Å². The highest BCUT2D eigenvalue weighted by atomic mass is 16.4. The summed E-state index contributed by atoms with van der Waals surface area (Å²) in [6, 6.07) is -0.122. The summed E-state index contributed by atoms with van der Waals surface area (Å²) >= 11 is 0. The standard InChI is InChI=1S/C15H26N2O3/c1-3-15(4-2,14(19)20)9-17-13(18)12-11-7-5-6-10(11)8-16-12/h10-12,16H,3-9H2,1-2H3,(H,17,18)(H,19,20). The third-order valence-corrected chi connectivity index (χ3v) is 5.44. The molecule has 3 N–H and O–H groups in total. The highest BCUT2D eigenvalue weighted by Crippen LogP contribution is 2.37. The third-order valence-electron chi connectivity index (χ3n) is 5.44. The molecule has 3 unspecified atom stereocenters. The van der Waals surface area contributed by atoms with Gasteiger partial charge in [0.2, 0.25) is 5.91 Å². The molecule has 5 heteroatoms. The molecule has 0 spiro atoms. The maximum atomic E-state index is 12.3. The summed E-state index contributed by atoms with van der Waals surface area (Å²) in [5.41, 5.74) is -0.830. The Hall–Kier alpha value is -1.10. The summed E-state index contributed by atoms with van der Waals surface area (Å²) in [6.07, 6.45) is 4.60. The number of amides is 1. The minimum Gasteiger partial charge on any atom is -0.481 e. The summed E-state index contributed by atoms with van der Waals surface area (Å²) in [5, 5.41) is 15.6. The summed E-state index contributed by atoms with van der Waals surface area (Å²) < 4.78 is 0. The normalized spacial score (nSPS) is 29.2. The number of carboxylic acid groups (broad SMARTS) is 1. The van der Waals surface area contributed by atoms with Crippen molar-refractivity contribution in [1.29, 1.82) is 0 Å². The van der Waals surface area contributed by atoms with Gasteiger partial charge in [-0.1, -0.05) is 20.3 Å². The first-order chi connectivity index (χ1) is 9.54. The molecule has 2 fully saturated rings. The van der Waals surface area contributed by atoms with Gasteiger partial charge in [-0.25, -0.2) is 0 Å². The van der Waals surface area contributed by atoms with Gasteiger partial charge in [0.1, 0.15) is 0 Å². The van der Waals surface area contributed by atoms with E-state index in [1.54, 1.807) is 0 Å². The van der Waals surface area contributed by atoms with Crippen LogP contribution in [0.15, 0.2) is 0 Å². The molecule has 1 saturated heterocycles. The number of carboxylic acids is 1. The molecule has 5 nitrogen and oxygen atoms in total. The second-order valence-corrected chi connectivity index (χ2v) is 6.25. The van der Waals surface area contributed by atoms with Crippen molar-refractivity contribution >= 4 is 11.9 Å². The van der Waals surface area contributed by atoms with Crippen LogP contribution in [0, 0.1) is 17.3 Å². The summed E-state index contributed by atoms with van der Waals surface area (Å²) in [4.78, 5) is 23.8. The van der Waals surface area contributed by atoms with E-state index in [4.69, 9.17) is 0 Å². The fourth-order valence-corrected chi connectivity index (χ4v) is 3.72. The summed E-state index contributed by atoms with van der Waals surface area (Å²) in [5.74, 6) is 0.234. The Balaban J connectivity index is 1.93. The lowest BCUT2D eigenvalue weighted by molar-refractivity contribution is -0.149. The fraction of sp³-hybridized carbons (Fsp3) is 0.867. The van der Waals surface area contributed by atoms with Crippen molar-refractivity contribution in [3.8, 4) is 0 Å². The van der Waals surface area contributed by atoms with Crippen LogP contribution in [0.25, 0.3) is 0 Å². The van der Waals surface area contributed by atoms with Gasteiger partial charge in [0, 0.05) is 6.54 Å². The number of hydrogen-bond acceptors (Lipinski definition) is 3. The monoisotopic (exact) mass is 282 g/mol. The van der Waals surface area contributed by atoms with Gasteiger partial charge in [-0.15, -0.1) is 0 Å². The Labute approximate surface area is 120 Å². The van der Waals surface area contributed by atoms with E-state index in [1.807, 2.05) is 13.8 Å². The number of rotatable bonds is 6. The predicted molar refractivity (Wildman–Crippen MR) is 76.3 cm³/mol. The first kappa shape index (κ1) is 15.3. The Morgan fingerprint density at radius 3 is 2.60 bits per heavy atom. The average Bonchev–Trinajstić information content (AvgIpc) is 3.02.